The summed E-state index contributed by atoms with van der Waals surface area (Å²) in [6.45, 7) is 3.56. The van der Waals surface area contributed by atoms with E-state index in [1.54, 1.807) is 43.5 Å². The van der Waals surface area contributed by atoms with Crippen molar-refractivity contribution in [2.75, 3.05) is 32.2 Å². The van der Waals surface area contributed by atoms with Gasteiger partial charge in [0.2, 0.25) is 5.91 Å². The van der Waals surface area contributed by atoms with Gasteiger partial charge in [0.1, 0.15) is 0 Å². The van der Waals surface area contributed by atoms with Crippen LogP contribution in [0.3, 0.4) is 0 Å². The van der Waals surface area contributed by atoms with Gasteiger partial charge in [-0.1, -0.05) is 11.6 Å². The molecule has 1 amide bonds. The number of fused-ring (bicyclic) bond motifs is 1. The van der Waals surface area contributed by atoms with Crippen LogP contribution in [-0.2, 0) is 4.79 Å². The lowest BCUT2D eigenvalue weighted by atomic mass is 10.2. The Hall–Kier alpha value is -2.86. The van der Waals surface area contributed by atoms with Crippen LogP contribution in [0.1, 0.15) is 18.9 Å². The van der Waals surface area contributed by atoms with E-state index in [1.807, 2.05) is 6.92 Å². The second kappa shape index (κ2) is 9.37. The third kappa shape index (κ3) is 4.89. The number of benzene rings is 2. The van der Waals surface area contributed by atoms with E-state index in [2.05, 4.69) is 5.32 Å². The van der Waals surface area contributed by atoms with Gasteiger partial charge in [-0.2, -0.15) is 0 Å². The highest BCUT2D eigenvalue weighted by atomic mass is 35.5. The zero-order valence-corrected chi connectivity index (χ0v) is 16.5. The van der Waals surface area contributed by atoms with E-state index in [-0.39, 0.29) is 5.91 Å². The summed E-state index contributed by atoms with van der Waals surface area (Å²) in [5.74, 6) is 2.02. The van der Waals surface area contributed by atoms with Crippen molar-refractivity contribution in [1.82, 2.24) is 0 Å². The zero-order chi connectivity index (χ0) is 19.9. The van der Waals surface area contributed by atoms with Crippen molar-refractivity contribution in [3.63, 3.8) is 0 Å². The maximum Gasteiger partial charge on any atom is 0.248 e. The molecular formula is C21H22ClNO5. The summed E-state index contributed by atoms with van der Waals surface area (Å²) in [4.78, 5) is 12.3. The highest BCUT2D eigenvalue weighted by molar-refractivity contribution is 6.32. The first-order valence-electron chi connectivity index (χ1n) is 8.99. The normalized spacial score (nSPS) is 13.1. The molecule has 0 unspecified atom stereocenters. The average molecular weight is 404 g/mol. The Bertz CT molecular complexity index is 881. The molecule has 0 atom stereocenters. The molecule has 2 aromatic carbocycles. The summed E-state index contributed by atoms with van der Waals surface area (Å²) in [6, 6.07) is 8.76. The zero-order valence-electron chi connectivity index (χ0n) is 15.8. The van der Waals surface area contributed by atoms with Crippen LogP contribution in [0.15, 0.2) is 36.4 Å². The fraction of sp³-hybridized carbons (Fsp3) is 0.286. The van der Waals surface area contributed by atoms with Crippen molar-refractivity contribution in [2.24, 2.45) is 0 Å². The van der Waals surface area contributed by atoms with Crippen LogP contribution in [0, 0.1) is 0 Å². The molecule has 6 nitrogen and oxygen atoms in total. The fourth-order valence-electron chi connectivity index (χ4n) is 2.72. The molecule has 1 aliphatic heterocycles. The molecule has 7 heteroatoms. The third-order valence-electron chi connectivity index (χ3n) is 3.98. The summed E-state index contributed by atoms with van der Waals surface area (Å²) in [5.41, 5.74) is 1.35. The number of hydrogen-bond donors (Lipinski definition) is 1. The van der Waals surface area contributed by atoms with E-state index in [1.165, 1.54) is 6.08 Å². The first kappa shape index (κ1) is 19.9. The minimum absolute atomic E-state index is 0.283. The van der Waals surface area contributed by atoms with Gasteiger partial charge in [-0.05, 0) is 42.8 Å². The maximum absolute atomic E-state index is 12.3. The van der Waals surface area contributed by atoms with Crippen LogP contribution in [-0.4, -0.2) is 32.8 Å². The van der Waals surface area contributed by atoms with E-state index in [0.29, 0.717) is 53.5 Å². The lowest BCUT2D eigenvalue weighted by Crippen LogP contribution is -2.08. The Kier molecular flexibility index (Phi) is 6.66. The number of methoxy groups -OCH3 is 1. The smallest absolute Gasteiger partial charge is 0.248 e. The van der Waals surface area contributed by atoms with E-state index in [9.17, 15) is 4.79 Å². The number of ether oxygens (including phenoxy) is 4. The molecule has 0 spiro atoms. The van der Waals surface area contributed by atoms with Crippen molar-refractivity contribution in [3.8, 4) is 23.0 Å². The highest BCUT2D eigenvalue weighted by Gasteiger charge is 2.15. The van der Waals surface area contributed by atoms with Gasteiger partial charge < -0.3 is 24.3 Å². The molecule has 28 heavy (non-hydrogen) atoms. The SMILES string of the molecule is CCOc1ccc(NC(=O)/C=C/c2cc(Cl)c3c(c2)OCCCO3)cc1OC. The van der Waals surface area contributed by atoms with Crippen molar-refractivity contribution in [2.45, 2.75) is 13.3 Å². The maximum atomic E-state index is 12.3. The molecule has 2 aromatic rings. The molecule has 1 aliphatic rings. The van der Waals surface area contributed by atoms with Gasteiger partial charge in [-0.15, -0.1) is 0 Å². The van der Waals surface area contributed by atoms with E-state index in [0.717, 1.165) is 12.0 Å². The minimum atomic E-state index is -0.283. The molecule has 148 valence electrons. The molecule has 1 heterocycles. The van der Waals surface area contributed by atoms with E-state index in [4.69, 9.17) is 30.5 Å². The second-order valence-electron chi connectivity index (χ2n) is 6.00. The summed E-state index contributed by atoms with van der Waals surface area (Å²) in [5, 5.41) is 3.25. The molecule has 0 bridgehead atoms. The van der Waals surface area contributed by atoms with Gasteiger partial charge in [0.15, 0.2) is 23.0 Å². The Morgan fingerprint density at radius 2 is 2.04 bits per heavy atom. The molecule has 0 aromatic heterocycles. The minimum Gasteiger partial charge on any atom is -0.493 e. The van der Waals surface area contributed by atoms with Crippen LogP contribution in [0.5, 0.6) is 23.0 Å². The number of carbonyl (C=O) groups is 1. The number of amides is 1. The van der Waals surface area contributed by atoms with Gasteiger partial charge in [0, 0.05) is 24.3 Å². The Balaban J connectivity index is 1.70. The predicted molar refractivity (Wildman–Crippen MR) is 109 cm³/mol. The van der Waals surface area contributed by atoms with Gasteiger partial charge in [-0.3, -0.25) is 4.79 Å². The summed E-state index contributed by atoms with van der Waals surface area (Å²) in [6.07, 6.45) is 3.89. The molecule has 0 aliphatic carbocycles. The van der Waals surface area contributed by atoms with E-state index >= 15 is 0 Å². The van der Waals surface area contributed by atoms with Crippen molar-refractivity contribution < 1.29 is 23.7 Å². The lowest BCUT2D eigenvalue weighted by Gasteiger charge is -2.11. The van der Waals surface area contributed by atoms with E-state index < -0.39 is 0 Å². The Morgan fingerprint density at radius 1 is 1.21 bits per heavy atom. The number of nitrogens with one attached hydrogen (secondary N) is 1. The Morgan fingerprint density at radius 3 is 2.82 bits per heavy atom. The number of hydrogen-bond acceptors (Lipinski definition) is 5. The molecule has 1 N–H and O–H groups in total. The highest BCUT2D eigenvalue weighted by Crippen LogP contribution is 2.38. The fourth-order valence-corrected chi connectivity index (χ4v) is 3.00. The predicted octanol–water partition coefficient (Wildman–Crippen LogP) is 4.56. The molecule has 0 saturated heterocycles. The summed E-state index contributed by atoms with van der Waals surface area (Å²) in [7, 11) is 1.55. The molecular weight excluding hydrogens is 382 g/mol. The van der Waals surface area contributed by atoms with Crippen LogP contribution in [0.25, 0.3) is 6.08 Å². The van der Waals surface area contributed by atoms with Gasteiger partial charge in [-0.25, -0.2) is 0 Å². The monoisotopic (exact) mass is 403 g/mol. The lowest BCUT2D eigenvalue weighted by molar-refractivity contribution is -0.111. The molecule has 0 saturated carbocycles. The number of halogens is 1. The van der Waals surface area contributed by atoms with Crippen LogP contribution >= 0.6 is 11.6 Å². The summed E-state index contributed by atoms with van der Waals surface area (Å²) >= 11 is 6.27. The van der Waals surface area contributed by atoms with Crippen LogP contribution < -0.4 is 24.3 Å². The van der Waals surface area contributed by atoms with Gasteiger partial charge in [0.05, 0.1) is 32.0 Å². The first-order valence-corrected chi connectivity index (χ1v) is 9.37. The average Bonchev–Trinajstić information content (AvgIpc) is 2.93. The molecule has 3 rings (SSSR count). The van der Waals surface area contributed by atoms with Crippen molar-refractivity contribution in [1.29, 1.82) is 0 Å². The third-order valence-corrected chi connectivity index (χ3v) is 4.26. The topological polar surface area (TPSA) is 66.0 Å². The Labute approximate surface area is 169 Å². The molecule has 0 radical (unpaired) electrons. The molecule has 0 fully saturated rings. The second-order valence-corrected chi connectivity index (χ2v) is 6.41. The largest absolute Gasteiger partial charge is 0.493 e. The van der Waals surface area contributed by atoms with Crippen LogP contribution in [0.4, 0.5) is 5.69 Å². The standard InChI is InChI=1S/C21H22ClNO5/c1-3-26-17-7-6-15(13-18(17)25-2)23-20(24)8-5-14-11-16(22)21-19(12-14)27-9-4-10-28-21/h5-8,11-13H,3-4,9-10H2,1-2H3,(H,23,24)/b8-5+. The quantitative estimate of drug-likeness (QED) is 0.716. The van der Waals surface area contributed by atoms with Gasteiger partial charge in [0.25, 0.3) is 0 Å². The van der Waals surface area contributed by atoms with Crippen molar-refractivity contribution >= 4 is 29.3 Å². The number of anilines is 1. The van der Waals surface area contributed by atoms with Crippen LogP contribution in [0.2, 0.25) is 5.02 Å². The van der Waals surface area contributed by atoms with Gasteiger partial charge >= 0.3 is 0 Å². The summed E-state index contributed by atoms with van der Waals surface area (Å²) < 4.78 is 22.0. The van der Waals surface area contributed by atoms with Crippen molar-refractivity contribution in [3.05, 3.63) is 47.0 Å². The first-order chi connectivity index (χ1) is 13.6. The number of carbonyl (C=O) groups excluding carboxylic acids is 1. The number of rotatable bonds is 6.